The Morgan fingerprint density at radius 3 is 2.38 bits per heavy atom. The van der Waals surface area contributed by atoms with Crippen LogP contribution in [0.15, 0.2) is 64.3 Å². The zero-order chi connectivity index (χ0) is 18.6. The summed E-state index contributed by atoms with van der Waals surface area (Å²) >= 11 is 0. The second-order valence-corrected chi connectivity index (χ2v) is 7.88. The molecular weight excluding hydrogens is 350 g/mol. The first-order valence-corrected chi connectivity index (χ1v) is 9.82. The third-order valence-corrected chi connectivity index (χ3v) is 5.93. The molecule has 1 unspecified atom stereocenters. The molecule has 3 aromatic rings. The lowest BCUT2D eigenvalue weighted by molar-refractivity contribution is 0.390. The van der Waals surface area contributed by atoms with Crippen LogP contribution in [0.25, 0.3) is 0 Å². The van der Waals surface area contributed by atoms with Crippen LogP contribution in [0.5, 0.6) is 0 Å². The lowest BCUT2D eigenvalue weighted by atomic mass is 9.92. The minimum atomic E-state index is -3.69. The molecule has 0 radical (unpaired) electrons. The molecule has 0 saturated heterocycles. The van der Waals surface area contributed by atoms with Gasteiger partial charge in [0.15, 0.2) is 5.76 Å². The van der Waals surface area contributed by atoms with E-state index in [1.807, 2.05) is 42.5 Å². The fraction of sp³-hybridized carbons (Fsp3) is 0.263. The summed E-state index contributed by atoms with van der Waals surface area (Å²) in [4.78, 5) is 4.15. The number of nitrogens with one attached hydrogen (secondary N) is 1. The van der Waals surface area contributed by atoms with Crippen molar-refractivity contribution in [2.45, 2.75) is 31.1 Å². The molecule has 0 fully saturated rings. The van der Waals surface area contributed by atoms with Gasteiger partial charge in [0.05, 0.1) is 0 Å². The molecule has 1 atom stereocenters. The molecule has 3 rings (SSSR count). The van der Waals surface area contributed by atoms with Crippen LogP contribution < -0.4 is 4.72 Å². The number of hydrogen-bond donors (Lipinski definition) is 1. The molecular formula is C19H21N3O3S. The third-order valence-electron chi connectivity index (χ3n) is 4.26. The van der Waals surface area contributed by atoms with Crippen molar-refractivity contribution in [2.24, 2.45) is 0 Å². The molecule has 6 nitrogen and oxygen atoms in total. The highest BCUT2D eigenvalue weighted by molar-refractivity contribution is 7.89. The molecule has 136 valence electrons. The quantitative estimate of drug-likeness (QED) is 0.690. The van der Waals surface area contributed by atoms with Gasteiger partial charge in [-0.3, -0.25) is 4.98 Å². The molecule has 0 spiro atoms. The second kappa shape index (κ2) is 7.80. The highest BCUT2D eigenvalue weighted by Crippen LogP contribution is 2.23. The van der Waals surface area contributed by atoms with Gasteiger partial charge < -0.3 is 4.52 Å². The van der Waals surface area contributed by atoms with Gasteiger partial charge in [-0.25, -0.2) is 13.1 Å². The predicted octanol–water partition coefficient (Wildman–Crippen LogP) is 2.99. The van der Waals surface area contributed by atoms with Crippen molar-refractivity contribution in [1.82, 2.24) is 14.9 Å². The van der Waals surface area contributed by atoms with E-state index >= 15 is 0 Å². The van der Waals surface area contributed by atoms with Crippen molar-refractivity contribution in [1.29, 1.82) is 0 Å². The Bertz CT molecular complexity index is 935. The number of sulfonamides is 1. The van der Waals surface area contributed by atoms with E-state index in [4.69, 9.17) is 4.52 Å². The Kier molecular flexibility index (Phi) is 5.49. The van der Waals surface area contributed by atoms with E-state index in [9.17, 15) is 8.42 Å². The summed E-state index contributed by atoms with van der Waals surface area (Å²) in [5.74, 6) is 0.286. The molecule has 0 saturated carbocycles. The average molecular weight is 371 g/mol. The molecule has 0 aliphatic carbocycles. The number of rotatable bonds is 7. The van der Waals surface area contributed by atoms with E-state index in [0.29, 0.717) is 17.9 Å². The van der Waals surface area contributed by atoms with Gasteiger partial charge in [0.25, 0.3) is 0 Å². The Morgan fingerprint density at radius 1 is 1.08 bits per heavy atom. The number of nitrogens with zero attached hydrogens (tertiary/aromatic N) is 2. The van der Waals surface area contributed by atoms with Gasteiger partial charge in [0.2, 0.25) is 10.0 Å². The zero-order valence-electron chi connectivity index (χ0n) is 14.7. The molecule has 2 heterocycles. The Hall–Kier alpha value is -2.51. The van der Waals surface area contributed by atoms with Crippen molar-refractivity contribution in [3.8, 4) is 0 Å². The Balaban J connectivity index is 1.82. The maximum Gasteiger partial charge on any atom is 0.245 e. The van der Waals surface area contributed by atoms with Crippen LogP contribution in [0.3, 0.4) is 0 Å². The van der Waals surface area contributed by atoms with E-state index < -0.39 is 10.0 Å². The standard InChI is InChI=1S/C19H21N3O3S/c1-14-19(15(2)25-22-14)26(23,24)21-13-18(17-6-4-3-5-7-17)12-16-8-10-20-11-9-16/h3-11,18,21H,12-13H2,1-2H3. The molecule has 26 heavy (non-hydrogen) atoms. The molecule has 0 aliphatic heterocycles. The highest BCUT2D eigenvalue weighted by atomic mass is 32.2. The number of hydrogen-bond acceptors (Lipinski definition) is 5. The SMILES string of the molecule is Cc1noc(C)c1S(=O)(=O)NCC(Cc1ccncc1)c1ccccc1. The summed E-state index contributed by atoms with van der Waals surface area (Å²) in [6.07, 6.45) is 4.19. The summed E-state index contributed by atoms with van der Waals surface area (Å²) in [6, 6.07) is 13.8. The largest absolute Gasteiger partial charge is 0.360 e. The van der Waals surface area contributed by atoms with Gasteiger partial charge in [-0.2, -0.15) is 0 Å². The van der Waals surface area contributed by atoms with Crippen molar-refractivity contribution in [3.63, 3.8) is 0 Å². The smallest absolute Gasteiger partial charge is 0.245 e. The van der Waals surface area contributed by atoms with Crippen LogP contribution in [0.2, 0.25) is 0 Å². The van der Waals surface area contributed by atoms with Crippen LogP contribution in [-0.4, -0.2) is 25.1 Å². The molecule has 0 aliphatic rings. The van der Waals surface area contributed by atoms with E-state index in [-0.39, 0.29) is 17.4 Å². The van der Waals surface area contributed by atoms with Crippen molar-refractivity contribution >= 4 is 10.0 Å². The van der Waals surface area contributed by atoms with Crippen molar-refractivity contribution in [3.05, 3.63) is 77.4 Å². The first-order chi connectivity index (χ1) is 12.5. The van der Waals surface area contributed by atoms with E-state index in [1.165, 1.54) is 0 Å². The fourth-order valence-corrected chi connectivity index (χ4v) is 4.38. The first kappa shape index (κ1) is 18.3. The molecule has 1 aromatic carbocycles. The summed E-state index contributed by atoms with van der Waals surface area (Å²) in [5.41, 5.74) is 2.54. The highest BCUT2D eigenvalue weighted by Gasteiger charge is 2.25. The maximum absolute atomic E-state index is 12.7. The van der Waals surface area contributed by atoms with Gasteiger partial charge >= 0.3 is 0 Å². The van der Waals surface area contributed by atoms with Gasteiger partial charge in [0.1, 0.15) is 10.6 Å². The second-order valence-electron chi connectivity index (χ2n) is 6.17. The summed E-state index contributed by atoms with van der Waals surface area (Å²) in [5, 5.41) is 3.73. The molecule has 0 amide bonds. The summed E-state index contributed by atoms with van der Waals surface area (Å²) in [6.45, 7) is 3.50. The van der Waals surface area contributed by atoms with Crippen LogP contribution >= 0.6 is 0 Å². The predicted molar refractivity (Wildman–Crippen MR) is 98.3 cm³/mol. The third kappa shape index (κ3) is 4.17. The van der Waals surface area contributed by atoms with Crippen LogP contribution in [0.1, 0.15) is 28.5 Å². The molecule has 7 heteroatoms. The lowest BCUT2D eigenvalue weighted by Crippen LogP contribution is -2.30. The molecule has 0 bridgehead atoms. The van der Waals surface area contributed by atoms with Gasteiger partial charge in [-0.1, -0.05) is 35.5 Å². The number of benzene rings is 1. The van der Waals surface area contributed by atoms with E-state index in [0.717, 1.165) is 11.1 Å². The monoisotopic (exact) mass is 371 g/mol. The summed E-state index contributed by atoms with van der Waals surface area (Å²) in [7, 11) is -3.69. The molecule has 1 N–H and O–H groups in total. The van der Waals surface area contributed by atoms with Gasteiger partial charge in [-0.15, -0.1) is 0 Å². The van der Waals surface area contributed by atoms with Crippen LogP contribution in [-0.2, 0) is 16.4 Å². The summed E-state index contributed by atoms with van der Waals surface area (Å²) < 4.78 is 33.1. The average Bonchev–Trinajstić information content (AvgIpc) is 2.99. The van der Waals surface area contributed by atoms with E-state index in [1.54, 1.807) is 26.2 Å². The van der Waals surface area contributed by atoms with Gasteiger partial charge in [0, 0.05) is 24.9 Å². The van der Waals surface area contributed by atoms with Gasteiger partial charge in [-0.05, 0) is 43.5 Å². The lowest BCUT2D eigenvalue weighted by Gasteiger charge is -2.18. The maximum atomic E-state index is 12.7. The fourth-order valence-electron chi connectivity index (χ4n) is 2.98. The molecule has 2 aromatic heterocycles. The topological polar surface area (TPSA) is 85.1 Å². The normalized spacial score (nSPS) is 12.8. The minimum absolute atomic E-state index is 0.00570. The number of pyridine rings is 1. The first-order valence-electron chi connectivity index (χ1n) is 8.34. The van der Waals surface area contributed by atoms with Crippen LogP contribution in [0, 0.1) is 13.8 Å². The Morgan fingerprint density at radius 2 is 1.77 bits per heavy atom. The minimum Gasteiger partial charge on any atom is -0.360 e. The van der Waals surface area contributed by atoms with Crippen molar-refractivity contribution in [2.75, 3.05) is 6.54 Å². The number of aromatic nitrogens is 2. The van der Waals surface area contributed by atoms with Crippen molar-refractivity contribution < 1.29 is 12.9 Å². The Labute approximate surface area is 153 Å². The van der Waals surface area contributed by atoms with E-state index in [2.05, 4.69) is 14.9 Å². The van der Waals surface area contributed by atoms with Crippen LogP contribution in [0.4, 0.5) is 0 Å². The zero-order valence-corrected chi connectivity index (χ0v) is 15.5. The number of aryl methyl sites for hydroxylation is 2.